The van der Waals surface area contributed by atoms with Crippen molar-refractivity contribution in [2.24, 2.45) is 0 Å². The number of non-ortho nitro benzene ring substituents is 1. The fourth-order valence-corrected chi connectivity index (χ4v) is 1.69. The Morgan fingerprint density at radius 2 is 1.81 bits per heavy atom. The lowest BCUT2D eigenvalue weighted by Gasteiger charge is -1.99. The van der Waals surface area contributed by atoms with E-state index < -0.39 is 32.9 Å². The monoisotopic (exact) mass is 367 g/mol. The zero-order chi connectivity index (χ0) is 19.9. The lowest BCUT2D eigenvalue weighted by molar-refractivity contribution is -0.639. The number of nitrogens with zero attached hydrogens (tertiary/aromatic N) is 3. The summed E-state index contributed by atoms with van der Waals surface area (Å²) in [5.74, 6) is 4.93. The number of carbonyl (C=O) groups excluding carboxylic acids is 1. The molecule has 2 aromatic rings. The van der Waals surface area contributed by atoms with Crippen LogP contribution >= 0.6 is 0 Å². The van der Waals surface area contributed by atoms with Crippen LogP contribution in [-0.2, 0) is 4.74 Å². The van der Waals surface area contributed by atoms with Crippen LogP contribution in [0, 0.1) is 20.2 Å². The van der Waals surface area contributed by atoms with Crippen LogP contribution in [0.2, 0.25) is 0 Å². The fraction of sp³-hybridized carbons (Fsp3) is 0.143. The first-order valence-corrected chi connectivity index (χ1v) is 6.75. The Hall–Kier alpha value is -3.96. The molecule has 138 valence electrons. The van der Waals surface area contributed by atoms with E-state index in [1.54, 1.807) is 12.3 Å². The van der Waals surface area contributed by atoms with Gasteiger partial charge in [0.2, 0.25) is 12.4 Å². The molecule has 0 aliphatic rings. The van der Waals surface area contributed by atoms with Gasteiger partial charge in [-0.15, -0.1) is 0 Å². The number of phenols is 1. The topological polar surface area (TPSA) is 172 Å². The van der Waals surface area contributed by atoms with Gasteiger partial charge in [0, 0.05) is 12.1 Å². The highest BCUT2D eigenvalue weighted by Crippen LogP contribution is 2.29. The number of hydrogen-bond acceptors (Lipinski definition) is 9. The Morgan fingerprint density at radius 1 is 1.15 bits per heavy atom. The van der Waals surface area contributed by atoms with E-state index in [2.05, 4.69) is 4.74 Å². The molecule has 26 heavy (non-hydrogen) atoms. The van der Waals surface area contributed by atoms with Crippen LogP contribution in [0.4, 0.5) is 11.4 Å². The summed E-state index contributed by atoms with van der Waals surface area (Å²) in [5.41, 5.74) is -0.747. The van der Waals surface area contributed by atoms with E-state index in [4.69, 9.17) is 15.7 Å². The third kappa shape index (κ3) is 5.30. The number of aromatic hydroxyl groups is 1. The Labute approximate surface area is 146 Å². The molecule has 0 aliphatic carbocycles. The van der Waals surface area contributed by atoms with Gasteiger partial charge in [-0.25, -0.2) is 10.6 Å². The van der Waals surface area contributed by atoms with Gasteiger partial charge in [-0.1, -0.05) is 4.68 Å². The van der Waals surface area contributed by atoms with Crippen LogP contribution in [0.1, 0.15) is 10.4 Å². The number of methoxy groups -OCH3 is 2. The number of pyridine rings is 1. The van der Waals surface area contributed by atoms with Crippen LogP contribution < -0.4 is 15.3 Å². The number of esters is 1. The maximum Gasteiger partial charge on any atom is 0.344 e. The molecule has 1 aromatic carbocycles. The first-order chi connectivity index (χ1) is 12.2. The minimum absolute atomic E-state index is 0.351. The van der Waals surface area contributed by atoms with Gasteiger partial charge in [-0.3, -0.25) is 20.2 Å². The lowest BCUT2D eigenvalue weighted by atomic mass is 10.2. The Kier molecular flexibility index (Phi) is 6.77. The predicted octanol–water partition coefficient (Wildman–Crippen LogP) is 0.692. The van der Waals surface area contributed by atoms with Gasteiger partial charge < -0.3 is 14.6 Å². The molecule has 2 rings (SSSR count). The average Bonchev–Trinajstić information content (AvgIpc) is 2.60. The van der Waals surface area contributed by atoms with E-state index in [0.29, 0.717) is 17.4 Å². The third-order valence-corrected chi connectivity index (χ3v) is 2.89. The molecule has 0 radical (unpaired) electrons. The van der Waals surface area contributed by atoms with E-state index in [1.165, 1.54) is 25.1 Å². The molecule has 0 saturated carbocycles. The summed E-state index contributed by atoms with van der Waals surface area (Å²) in [6, 6.07) is 4.16. The molecule has 0 amide bonds. The van der Waals surface area contributed by atoms with Crippen molar-refractivity contribution in [2.75, 3.05) is 20.1 Å². The van der Waals surface area contributed by atoms with Crippen LogP contribution in [0.5, 0.6) is 11.5 Å². The van der Waals surface area contributed by atoms with Gasteiger partial charge in [0.15, 0.2) is 11.5 Å². The maximum atomic E-state index is 11.1. The molecule has 12 heteroatoms. The summed E-state index contributed by atoms with van der Waals surface area (Å²) in [6.45, 7) is 0. The van der Waals surface area contributed by atoms with Gasteiger partial charge >= 0.3 is 11.7 Å². The molecule has 0 fully saturated rings. The van der Waals surface area contributed by atoms with Crippen molar-refractivity contribution in [3.63, 3.8) is 0 Å². The zero-order valence-corrected chi connectivity index (χ0v) is 13.7. The zero-order valence-electron chi connectivity index (χ0n) is 13.7. The van der Waals surface area contributed by atoms with Crippen molar-refractivity contribution in [1.29, 1.82) is 0 Å². The predicted molar refractivity (Wildman–Crippen MR) is 86.1 cm³/mol. The van der Waals surface area contributed by atoms with Crippen LogP contribution in [0.15, 0.2) is 36.7 Å². The summed E-state index contributed by atoms with van der Waals surface area (Å²) >= 11 is 0. The number of ether oxygens (including phenoxy) is 2. The van der Waals surface area contributed by atoms with Crippen molar-refractivity contribution in [1.82, 2.24) is 0 Å². The number of rotatable bonds is 4. The summed E-state index contributed by atoms with van der Waals surface area (Å²) in [7, 11) is 2.80. The third-order valence-electron chi connectivity index (χ3n) is 2.89. The van der Waals surface area contributed by atoms with E-state index in [9.17, 15) is 25.0 Å². The summed E-state index contributed by atoms with van der Waals surface area (Å²) in [4.78, 5) is 29.8. The van der Waals surface area contributed by atoms with Gasteiger partial charge in [0.1, 0.15) is 5.56 Å². The van der Waals surface area contributed by atoms with Crippen molar-refractivity contribution in [2.45, 2.75) is 0 Å². The average molecular weight is 367 g/mol. The summed E-state index contributed by atoms with van der Waals surface area (Å²) in [6.07, 6.45) is 3.00. The molecule has 1 aromatic heterocycles. The number of hydrogen-bond donors (Lipinski definition) is 2. The molecule has 0 aliphatic heterocycles. The van der Waals surface area contributed by atoms with Crippen molar-refractivity contribution in [3.05, 3.63) is 62.5 Å². The summed E-state index contributed by atoms with van der Waals surface area (Å²) < 4.78 is 10.7. The number of nitrogen functional groups attached to an aromatic ring is 1. The minimum atomic E-state index is -0.887. The Morgan fingerprint density at radius 3 is 2.31 bits per heavy atom. The number of phenolic OH excluding ortho intramolecular Hbond substituents is 1. The molecule has 0 bridgehead atoms. The molecule has 0 spiro atoms. The quantitative estimate of drug-likeness (QED) is 0.259. The number of nitro groups is 2. The van der Waals surface area contributed by atoms with Crippen LogP contribution in [-0.4, -0.2) is 35.1 Å². The molecule has 0 saturated heterocycles. The highest BCUT2D eigenvalue weighted by Gasteiger charge is 2.18. The number of benzene rings is 1. The molecule has 0 unspecified atom stereocenters. The fourth-order valence-electron chi connectivity index (χ4n) is 1.69. The molecular formula is C14H15N4O8+. The van der Waals surface area contributed by atoms with Crippen LogP contribution in [0.25, 0.3) is 0 Å². The number of carbonyl (C=O) groups is 1. The standard InChI is InChI=1S/C8H11N2O3.C6H4N2O5/c1-12-7-3-6(8(11)13-2)4-10(9)5-7;9-6-2-1-4(7(10)11)3-5(6)8(12)13/h3-5H,9H2,1-2H3;1-3,9H/q+1;. The largest absolute Gasteiger partial charge is 0.502 e. The van der Waals surface area contributed by atoms with E-state index in [1.807, 2.05) is 0 Å². The van der Waals surface area contributed by atoms with Crippen molar-refractivity contribution in [3.8, 4) is 11.5 Å². The number of nitrogens with two attached hydrogens (primary N) is 1. The smallest absolute Gasteiger partial charge is 0.344 e. The minimum Gasteiger partial charge on any atom is -0.502 e. The molecule has 0 atom stereocenters. The Bertz CT molecular complexity index is 840. The SMILES string of the molecule is COC(=O)c1cc(OC)c[n+](N)c1.O=[N+]([O-])c1ccc(O)c([N+](=O)[O-])c1. The molecular weight excluding hydrogens is 352 g/mol. The second-order valence-electron chi connectivity index (χ2n) is 4.59. The van der Waals surface area contributed by atoms with Gasteiger partial charge in [-0.2, -0.15) is 0 Å². The van der Waals surface area contributed by atoms with E-state index in [0.717, 1.165) is 12.1 Å². The molecule has 3 N–H and O–H groups in total. The van der Waals surface area contributed by atoms with E-state index >= 15 is 0 Å². The second kappa shape index (κ2) is 8.77. The number of nitro benzene ring substituents is 2. The first-order valence-electron chi connectivity index (χ1n) is 6.75. The second-order valence-corrected chi connectivity index (χ2v) is 4.59. The van der Waals surface area contributed by atoms with Gasteiger partial charge in [0.05, 0.1) is 30.1 Å². The summed E-state index contributed by atoms with van der Waals surface area (Å²) in [5, 5.41) is 29.3. The Balaban J connectivity index is 0.000000260. The van der Waals surface area contributed by atoms with Crippen LogP contribution in [0.3, 0.4) is 0 Å². The molecule has 12 nitrogen and oxygen atoms in total. The van der Waals surface area contributed by atoms with Crippen molar-refractivity contribution >= 4 is 17.3 Å². The first kappa shape index (κ1) is 20.1. The van der Waals surface area contributed by atoms with E-state index in [-0.39, 0.29) is 0 Å². The highest BCUT2D eigenvalue weighted by atomic mass is 16.6. The van der Waals surface area contributed by atoms with Gasteiger partial charge in [0.25, 0.3) is 5.69 Å². The lowest BCUT2D eigenvalue weighted by Crippen LogP contribution is -2.44. The highest BCUT2D eigenvalue weighted by molar-refractivity contribution is 5.88. The van der Waals surface area contributed by atoms with Crippen molar-refractivity contribution < 1.29 is 33.9 Å². The van der Waals surface area contributed by atoms with Gasteiger partial charge in [-0.05, 0) is 6.07 Å². The number of aromatic nitrogens is 1. The normalized spacial score (nSPS) is 9.46. The molecule has 1 heterocycles. The maximum absolute atomic E-state index is 11.1.